The SMILES string of the molecule is C=CCN(CC(=O)N(Cc1ccccc1)Cc1cccn1Cc1cccc(C(F)(F)F)c1)C(=O)c1cccs1. The van der Waals surface area contributed by atoms with Crippen molar-refractivity contribution in [3.05, 3.63) is 130 Å². The second kappa shape index (κ2) is 12.6. The van der Waals surface area contributed by atoms with E-state index in [0.717, 1.165) is 23.4 Å². The van der Waals surface area contributed by atoms with E-state index in [1.165, 1.54) is 22.3 Å². The first-order chi connectivity index (χ1) is 18.7. The number of hydrogen-bond donors (Lipinski definition) is 0. The van der Waals surface area contributed by atoms with Crippen molar-refractivity contribution in [3.8, 4) is 0 Å². The molecule has 0 bridgehead atoms. The van der Waals surface area contributed by atoms with E-state index in [9.17, 15) is 22.8 Å². The molecule has 2 amide bonds. The van der Waals surface area contributed by atoms with Crippen molar-refractivity contribution in [1.82, 2.24) is 14.4 Å². The molecule has 0 saturated heterocycles. The number of rotatable bonds is 11. The van der Waals surface area contributed by atoms with Crippen LogP contribution in [0, 0.1) is 0 Å². The summed E-state index contributed by atoms with van der Waals surface area (Å²) in [6, 6.07) is 21.9. The lowest BCUT2D eigenvalue weighted by atomic mass is 10.1. The first-order valence-electron chi connectivity index (χ1n) is 12.3. The fourth-order valence-corrected chi connectivity index (χ4v) is 4.91. The molecular formula is C30H28F3N3O2S. The minimum atomic E-state index is -4.42. The highest BCUT2D eigenvalue weighted by Gasteiger charge is 2.30. The molecule has 0 unspecified atom stereocenters. The van der Waals surface area contributed by atoms with Crippen LogP contribution in [0.4, 0.5) is 13.2 Å². The fourth-order valence-electron chi connectivity index (χ4n) is 4.22. The minimum absolute atomic E-state index is 0.135. The third-order valence-corrected chi connectivity index (χ3v) is 7.01. The first kappa shape index (κ1) is 27.9. The summed E-state index contributed by atoms with van der Waals surface area (Å²) >= 11 is 1.31. The van der Waals surface area contributed by atoms with Crippen LogP contribution in [0.15, 0.2) is 103 Å². The predicted molar refractivity (Wildman–Crippen MR) is 146 cm³/mol. The third kappa shape index (κ3) is 7.48. The summed E-state index contributed by atoms with van der Waals surface area (Å²) in [6.45, 7) is 4.56. The first-order valence-corrected chi connectivity index (χ1v) is 13.2. The van der Waals surface area contributed by atoms with Gasteiger partial charge in [0.15, 0.2) is 0 Å². The summed E-state index contributed by atoms with van der Waals surface area (Å²) in [5.74, 6) is -0.497. The van der Waals surface area contributed by atoms with E-state index < -0.39 is 11.7 Å². The van der Waals surface area contributed by atoms with Crippen LogP contribution < -0.4 is 0 Å². The lowest BCUT2D eigenvalue weighted by Gasteiger charge is -2.27. The number of benzene rings is 2. The molecular weight excluding hydrogens is 523 g/mol. The molecule has 2 heterocycles. The van der Waals surface area contributed by atoms with Gasteiger partial charge in [-0.2, -0.15) is 13.2 Å². The second-order valence-electron chi connectivity index (χ2n) is 9.01. The van der Waals surface area contributed by atoms with Crippen molar-refractivity contribution in [3.63, 3.8) is 0 Å². The highest BCUT2D eigenvalue weighted by Crippen LogP contribution is 2.30. The molecule has 0 radical (unpaired) electrons. The zero-order valence-electron chi connectivity index (χ0n) is 21.2. The number of thiophene rings is 1. The lowest BCUT2D eigenvalue weighted by Crippen LogP contribution is -2.42. The number of nitrogens with zero attached hydrogens (tertiary/aromatic N) is 3. The molecule has 0 fully saturated rings. The average molecular weight is 552 g/mol. The number of amides is 2. The Hall–Kier alpha value is -4.11. The van der Waals surface area contributed by atoms with Gasteiger partial charge in [-0.1, -0.05) is 54.6 Å². The zero-order valence-corrected chi connectivity index (χ0v) is 22.0. The van der Waals surface area contributed by atoms with Crippen molar-refractivity contribution < 1.29 is 22.8 Å². The van der Waals surface area contributed by atoms with E-state index in [1.807, 2.05) is 41.0 Å². The Kier molecular flexibility index (Phi) is 9.03. The Morgan fingerprint density at radius 1 is 0.897 bits per heavy atom. The Balaban J connectivity index is 1.56. The van der Waals surface area contributed by atoms with Gasteiger partial charge in [0, 0.05) is 31.5 Å². The highest BCUT2D eigenvalue weighted by atomic mass is 32.1. The average Bonchev–Trinajstić information content (AvgIpc) is 3.61. The van der Waals surface area contributed by atoms with Gasteiger partial charge in [-0.05, 0) is 46.8 Å². The van der Waals surface area contributed by atoms with Crippen LogP contribution in [-0.4, -0.2) is 39.3 Å². The maximum absolute atomic E-state index is 13.6. The van der Waals surface area contributed by atoms with Crippen LogP contribution in [0.3, 0.4) is 0 Å². The van der Waals surface area contributed by atoms with Gasteiger partial charge in [-0.25, -0.2) is 0 Å². The van der Waals surface area contributed by atoms with Crippen molar-refractivity contribution in [2.45, 2.75) is 25.8 Å². The van der Waals surface area contributed by atoms with E-state index in [4.69, 9.17) is 0 Å². The number of carbonyl (C=O) groups excluding carboxylic acids is 2. The van der Waals surface area contributed by atoms with Crippen molar-refractivity contribution in [1.29, 1.82) is 0 Å². The van der Waals surface area contributed by atoms with Gasteiger partial charge < -0.3 is 14.4 Å². The number of aromatic nitrogens is 1. The molecule has 39 heavy (non-hydrogen) atoms. The second-order valence-corrected chi connectivity index (χ2v) is 9.96. The van der Waals surface area contributed by atoms with E-state index in [0.29, 0.717) is 17.0 Å². The third-order valence-electron chi connectivity index (χ3n) is 6.15. The molecule has 2 aromatic heterocycles. The van der Waals surface area contributed by atoms with Gasteiger partial charge in [0.05, 0.1) is 17.0 Å². The van der Waals surface area contributed by atoms with E-state index >= 15 is 0 Å². The minimum Gasteiger partial charge on any atom is -0.345 e. The van der Waals surface area contributed by atoms with Crippen LogP contribution >= 0.6 is 11.3 Å². The number of hydrogen-bond acceptors (Lipinski definition) is 3. The van der Waals surface area contributed by atoms with Gasteiger partial charge in [-0.3, -0.25) is 9.59 Å². The van der Waals surface area contributed by atoms with Crippen LogP contribution in [0.1, 0.15) is 32.1 Å². The molecule has 0 spiro atoms. The summed E-state index contributed by atoms with van der Waals surface area (Å²) in [5, 5.41) is 1.81. The van der Waals surface area contributed by atoms with Crippen molar-refractivity contribution in [2.75, 3.05) is 13.1 Å². The molecule has 0 saturated carbocycles. The fraction of sp³-hybridized carbons (Fsp3) is 0.200. The summed E-state index contributed by atoms with van der Waals surface area (Å²) in [5.41, 5.74) is 1.48. The topological polar surface area (TPSA) is 45.6 Å². The van der Waals surface area contributed by atoms with Crippen LogP contribution in [0.5, 0.6) is 0 Å². The molecule has 9 heteroatoms. The molecule has 0 aliphatic heterocycles. The molecule has 2 aromatic carbocycles. The summed E-state index contributed by atoms with van der Waals surface area (Å²) in [6.07, 6.45) is -1.06. The Bertz CT molecular complexity index is 1400. The Morgan fingerprint density at radius 2 is 1.67 bits per heavy atom. The Morgan fingerprint density at radius 3 is 2.36 bits per heavy atom. The smallest absolute Gasteiger partial charge is 0.345 e. The normalized spacial score (nSPS) is 11.3. The monoisotopic (exact) mass is 551 g/mol. The van der Waals surface area contributed by atoms with Gasteiger partial charge in [-0.15, -0.1) is 17.9 Å². The van der Waals surface area contributed by atoms with Crippen molar-refractivity contribution in [2.24, 2.45) is 0 Å². The van der Waals surface area contributed by atoms with E-state index in [-0.39, 0.29) is 38.0 Å². The predicted octanol–water partition coefficient (Wildman–Crippen LogP) is 6.47. The standard InChI is InChI=1S/C30H28F3N3O2S/c1-2-15-35(29(38)27-14-8-17-39-27)22-28(37)36(19-23-9-4-3-5-10-23)21-26-13-7-16-34(26)20-24-11-6-12-25(18-24)30(31,32)33/h2-14,16-18H,1,15,19-22H2. The molecule has 4 aromatic rings. The molecule has 0 aliphatic rings. The van der Waals surface area contributed by atoms with Gasteiger partial charge in [0.1, 0.15) is 6.54 Å². The summed E-state index contributed by atoms with van der Waals surface area (Å²) < 4.78 is 41.5. The van der Waals surface area contributed by atoms with Crippen LogP contribution in [0.2, 0.25) is 0 Å². The van der Waals surface area contributed by atoms with Gasteiger partial charge in [0.25, 0.3) is 5.91 Å². The maximum atomic E-state index is 13.6. The molecule has 4 rings (SSSR count). The molecule has 0 atom stereocenters. The molecule has 0 aliphatic carbocycles. The van der Waals surface area contributed by atoms with E-state index in [1.54, 1.807) is 46.8 Å². The number of carbonyl (C=O) groups is 2. The van der Waals surface area contributed by atoms with Gasteiger partial charge >= 0.3 is 6.18 Å². The maximum Gasteiger partial charge on any atom is 0.416 e. The highest BCUT2D eigenvalue weighted by molar-refractivity contribution is 7.12. The summed E-state index contributed by atoms with van der Waals surface area (Å²) in [7, 11) is 0. The Labute approximate surface area is 229 Å². The number of alkyl halides is 3. The molecule has 202 valence electrons. The van der Waals surface area contributed by atoms with Crippen LogP contribution in [0.25, 0.3) is 0 Å². The van der Waals surface area contributed by atoms with Crippen LogP contribution in [-0.2, 0) is 30.6 Å². The summed E-state index contributed by atoms with van der Waals surface area (Å²) in [4.78, 5) is 30.3. The molecule has 5 nitrogen and oxygen atoms in total. The lowest BCUT2D eigenvalue weighted by molar-refractivity contribution is -0.137. The van der Waals surface area contributed by atoms with E-state index in [2.05, 4.69) is 6.58 Å². The largest absolute Gasteiger partial charge is 0.416 e. The molecule has 0 N–H and O–H groups in total. The van der Waals surface area contributed by atoms with Gasteiger partial charge in [0.2, 0.25) is 5.91 Å². The zero-order chi connectivity index (χ0) is 27.8. The van der Waals surface area contributed by atoms with Crippen molar-refractivity contribution >= 4 is 23.2 Å². The number of halogens is 3. The quantitative estimate of drug-likeness (QED) is 0.201.